The zero-order valence-corrected chi connectivity index (χ0v) is 15.1. The summed E-state index contributed by atoms with van der Waals surface area (Å²) in [4.78, 5) is 30.6. The van der Waals surface area contributed by atoms with Crippen molar-refractivity contribution < 1.29 is 14.3 Å². The number of nitrogens with one attached hydrogen (secondary N) is 1. The lowest BCUT2D eigenvalue weighted by Gasteiger charge is -2.13. The van der Waals surface area contributed by atoms with E-state index < -0.39 is 5.25 Å². The molecule has 1 fully saturated rings. The number of amidine groups is 1. The van der Waals surface area contributed by atoms with Crippen LogP contribution in [0.15, 0.2) is 29.3 Å². The summed E-state index contributed by atoms with van der Waals surface area (Å²) < 4.78 is 5.42. The minimum Gasteiger partial charge on any atom is -0.494 e. The molecule has 0 spiro atoms. The molecule has 1 aliphatic heterocycles. The van der Waals surface area contributed by atoms with Gasteiger partial charge in [-0.05, 0) is 32.9 Å². The first kappa shape index (κ1) is 18.3. The summed E-state index contributed by atoms with van der Waals surface area (Å²) in [6.07, 6.45) is 0.127. The number of amides is 2. The standard InChI is InChI=1S/C17H23N3O3S/c1-4-18-17-20(5-2)16(22)14(24-17)11-15(21)19-12-8-7-9-13(10-12)23-6-3/h7-10,14H,4-6,11H2,1-3H3,(H,19,21)/t14-/m1/s1. The van der Waals surface area contributed by atoms with Crippen molar-refractivity contribution in [3.8, 4) is 5.75 Å². The van der Waals surface area contributed by atoms with Crippen LogP contribution >= 0.6 is 11.8 Å². The molecule has 2 rings (SSSR count). The first-order valence-electron chi connectivity index (χ1n) is 8.14. The van der Waals surface area contributed by atoms with Crippen molar-refractivity contribution in [1.29, 1.82) is 0 Å². The van der Waals surface area contributed by atoms with Gasteiger partial charge >= 0.3 is 0 Å². The predicted octanol–water partition coefficient (Wildman–Crippen LogP) is 2.75. The Bertz CT molecular complexity index is 633. The van der Waals surface area contributed by atoms with Crippen molar-refractivity contribution in [3.05, 3.63) is 24.3 Å². The van der Waals surface area contributed by atoms with Crippen LogP contribution in [0, 0.1) is 0 Å². The Balaban J connectivity index is 1.98. The minimum atomic E-state index is -0.412. The highest BCUT2D eigenvalue weighted by Crippen LogP contribution is 2.29. The van der Waals surface area contributed by atoms with Crippen LogP contribution < -0.4 is 10.1 Å². The van der Waals surface area contributed by atoms with Gasteiger partial charge in [0.2, 0.25) is 11.8 Å². The van der Waals surface area contributed by atoms with Gasteiger partial charge in [-0.25, -0.2) is 0 Å². The van der Waals surface area contributed by atoms with E-state index in [2.05, 4.69) is 10.3 Å². The Morgan fingerprint density at radius 3 is 2.83 bits per heavy atom. The minimum absolute atomic E-state index is 0.0482. The maximum atomic E-state index is 12.4. The summed E-state index contributed by atoms with van der Waals surface area (Å²) in [5.74, 6) is 0.465. The molecular formula is C17H23N3O3S. The van der Waals surface area contributed by atoms with E-state index in [1.54, 1.807) is 17.0 Å². The number of ether oxygens (including phenoxy) is 1. The van der Waals surface area contributed by atoms with Gasteiger partial charge in [-0.3, -0.25) is 19.5 Å². The fourth-order valence-electron chi connectivity index (χ4n) is 2.40. The summed E-state index contributed by atoms with van der Waals surface area (Å²) in [5.41, 5.74) is 0.663. The van der Waals surface area contributed by atoms with E-state index in [-0.39, 0.29) is 18.2 Å². The second kappa shape index (κ2) is 8.73. The number of hydrogen-bond donors (Lipinski definition) is 1. The van der Waals surface area contributed by atoms with Crippen LogP contribution in [-0.4, -0.2) is 46.8 Å². The van der Waals surface area contributed by atoms with Crippen molar-refractivity contribution in [2.75, 3.05) is 25.0 Å². The highest BCUT2D eigenvalue weighted by atomic mass is 32.2. The monoisotopic (exact) mass is 349 g/mol. The number of nitrogens with zero attached hydrogens (tertiary/aromatic N) is 2. The van der Waals surface area contributed by atoms with E-state index in [0.29, 0.717) is 36.3 Å². The Labute approximate surface area is 146 Å². The normalized spacial score (nSPS) is 19.0. The molecule has 1 heterocycles. The second-order valence-electron chi connectivity index (χ2n) is 5.16. The Morgan fingerprint density at radius 1 is 1.38 bits per heavy atom. The molecule has 6 nitrogen and oxygen atoms in total. The molecule has 1 aromatic carbocycles. The molecule has 0 saturated carbocycles. The van der Waals surface area contributed by atoms with Gasteiger partial charge in [-0.1, -0.05) is 17.8 Å². The van der Waals surface area contributed by atoms with Gasteiger partial charge in [0.05, 0.1) is 6.61 Å². The SMILES string of the molecule is CCN=C1S[C@H](CC(=O)Nc2cccc(OCC)c2)C(=O)N1CC. The fourth-order valence-corrected chi connectivity index (χ4v) is 3.67. The average molecular weight is 349 g/mol. The molecule has 1 atom stereocenters. The lowest BCUT2D eigenvalue weighted by atomic mass is 10.2. The number of thioether (sulfide) groups is 1. The number of anilines is 1. The number of aliphatic imine (C=N–C) groups is 1. The first-order valence-corrected chi connectivity index (χ1v) is 9.02. The van der Waals surface area contributed by atoms with Crippen LogP contribution in [0.1, 0.15) is 27.2 Å². The van der Waals surface area contributed by atoms with Gasteiger partial charge in [-0.2, -0.15) is 0 Å². The zero-order chi connectivity index (χ0) is 17.5. The van der Waals surface area contributed by atoms with Crippen LogP contribution in [0.2, 0.25) is 0 Å². The molecule has 2 amide bonds. The van der Waals surface area contributed by atoms with Gasteiger partial charge in [0.15, 0.2) is 5.17 Å². The quantitative estimate of drug-likeness (QED) is 0.822. The number of carbonyl (C=O) groups excluding carboxylic acids is 2. The lowest BCUT2D eigenvalue weighted by Crippen LogP contribution is -2.33. The largest absolute Gasteiger partial charge is 0.494 e. The third-order valence-corrected chi connectivity index (χ3v) is 4.64. The summed E-state index contributed by atoms with van der Waals surface area (Å²) in [6, 6.07) is 7.22. The van der Waals surface area contributed by atoms with Crippen molar-refractivity contribution in [1.82, 2.24) is 4.90 Å². The van der Waals surface area contributed by atoms with Crippen molar-refractivity contribution in [2.24, 2.45) is 4.99 Å². The van der Waals surface area contributed by atoms with E-state index in [4.69, 9.17) is 4.74 Å². The van der Waals surface area contributed by atoms with Gasteiger partial charge < -0.3 is 10.1 Å². The summed E-state index contributed by atoms with van der Waals surface area (Å²) in [7, 11) is 0. The van der Waals surface area contributed by atoms with Crippen molar-refractivity contribution in [3.63, 3.8) is 0 Å². The Kier molecular flexibility index (Phi) is 6.66. The van der Waals surface area contributed by atoms with E-state index in [0.717, 1.165) is 0 Å². The van der Waals surface area contributed by atoms with Gasteiger partial charge in [0, 0.05) is 31.3 Å². The maximum absolute atomic E-state index is 12.4. The van der Waals surface area contributed by atoms with Crippen LogP contribution in [0.4, 0.5) is 5.69 Å². The van der Waals surface area contributed by atoms with Crippen molar-refractivity contribution >= 4 is 34.4 Å². The molecule has 0 aromatic heterocycles. The molecule has 7 heteroatoms. The summed E-state index contributed by atoms with van der Waals surface area (Å²) in [6.45, 7) is 7.50. The summed E-state index contributed by atoms with van der Waals surface area (Å²) in [5, 5.41) is 3.12. The lowest BCUT2D eigenvalue weighted by molar-refractivity contribution is -0.128. The average Bonchev–Trinajstić information content (AvgIpc) is 2.83. The number of hydrogen-bond acceptors (Lipinski definition) is 5. The molecule has 0 aliphatic carbocycles. The smallest absolute Gasteiger partial charge is 0.242 e. The molecule has 1 saturated heterocycles. The first-order chi connectivity index (χ1) is 11.6. The molecule has 24 heavy (non-hydrogen) atoms. The number of rotatable bonds is 7. The molecule has 0 bridgehead atoms. The second-order valence-corrected chi connectivity index (χ2v) is 6.33. The Morgan fingerprint density at radius 2 is 2.17 bits per heavy atom. The van der Waals surface area contributed by atoms with Gasteiger partial charge in [-0.15, -0.1) is 0 Å². The predicted molar refractivity (Wildman–Crippen MR) is 97.6 cm³/mol. The number of carbonyl (C=O) groups is 2. The molecule has 1 aromatic rings. The van der Waals surface area contributed by atoms with Crippen LogP contribution in [-0.2, 0) is 9.59 Å². The van der Waals surface area contributed by atoms with Gasteiger partial charge in [0.25, 0.3) is 0 Å². The Hall–Kier alpha value is -2.02. The van der Waals surface area contributed by atoms with E-state index >= 15 is 0 Å². The van der Waals surface area contributed by atoms with E-state index in [9.17, 15) is 9.59 Å². The summed E-state index contributed by atoms with van der Waals surface area (Å²) >= 11 is 1.37. The molecule has 1 aliphatic rings. The van der Waals surface area contributed by atoms with Crippen LogP contribution in [0.3, 0.4) is 0 Å². The van der Waals surface area contributed by atoms with Crippen molar-refractivity contribution in [2.45, 2.75) is 32.4 Å². The highest BCUT2D eigenvalue weighted by Gasteiger charge is 2.37. The highest BCUT2D eigenvalue weighted by molar-refractivity contribution is 8.15. The fraction of sp³-hybridized carbons (Fsp3) is 0.471. The molecular weight excluding hydrogens is 326 g/mol. The maximum Gasteiger partial charge on any atom is 0.242 e. The third kappa shape index (κ3) is 4.50. The molecule has 1 N–H and O–H groups in total. The van der Waals surface area contributed by atoms with Crippen LogP contribution in [0.25, 0.3) is 0 Å². The van der Waals surface area contributed by atoms with Gasteiger partial charge in [0.1, 0.15) is 11.0 Å². The topological polar surface area (TPSA) is 71.0 Å². The van der Waals surface area contributed by atoms with Crippen LogP contribution in [0.5, 0.6) is 5.75 Å². The van der Waals surface area contributed by atoms with E-state index in [1.165, 1.54) is 11.8 Å². The molecule has 0 radical (unpaired) electrons. The third-order valence-electron chi connectivity index (χ3n) is 3.43. The van der Waals surface area contributed by atoms with E-state index in [1.807, 2.05) is 32.9 Å². The number of benzene rings is 1. The zero-order valence-electron chi connectivity index (χ0n) is 14.2. The molecule has 0 unspecified atom stereocenters. The molecule has 130 valence electrons.